The molecule has 0 saturated carbocycles. The number of rotatable bonds is 9. The summed E-state index contributed by atoms with van der Waals surface area (Å²) >= 11 is 6.31. The molecule has 4 nitrogen and oxygen atoms in total. The number of hydrogen-bond acceptors (Lipinski definition) is 3. The quantitative estimate of drug-likeness (QED) is 0.710. The number of halogens is 1. The zero-order valence-electron chi connectivity index (χ0n) is 12.5. The van der Waals surface area contributed by atoms with Crippen LogP contribution in [0.2, 0.25) is 5.02 Å². The van der Waals surface area contributed by atoms with Gasteiger partial charge in [-0.25, -0.2) is 0 Å². The molecule has 1 rings (SSSR count). The summed E-state index contributed by atoms with van der Waals surface area (Å²) in [4.78, 5) is 0. The van der Waals surface area contributed by atoms with E-state index in [1.807, 2.05) is 11.6 Å². The first kappa shape index (κ1) is 16.5. The second-order valence-electron chi connectivity index (χ2n) is 5.00. The molecule has 1 unspecified atom stereocenters. The van der Waals surface area contributed by atoms with Gasteiger partial charge in [0.1, 0.15) is 0 Å². The van der Waals surface area contributed by atoms with Gasteiger partial charge in [-0.1, -0.05) is 18.5 Å². The summed E-state index contributed by atoms with van der Waals surface area (Å²) in [5.74, 6) is 0.619. The van der Waals surface area contributed by atoms with E-state index in [4.69, 9.17) is 16.3 Å². The number of ether oxygens (including phenoxy) is 1. The highest BCUT2D eigenvalue weighted by molar-refractivity contribution is 6.31. The van der Waals surface area contributed by atoms with Crippen molar-refractivity contribution in [3.63, 3.8) is 0 Å². The molecule has 0 spiro atoms. The van der Waals surface area contributed by atoms with Gasteiger partial charge in [-0.05, 0) is 39.2 Å². The Morgan fingerprint density at radius 1 is 1.47 bits per heavy atom. The fourth-order valence-electron chi connectivity index (χ4n) is 2.12. The van der Waals surface area contributed by atoms with Crippen LogP contribution in [0.25, 0.3) is 0 Å². The van der Waals surface area contributed by atoms with E-state index >= 15 is 0 Å². The van der Waals surface area contributed by atoms with Crippen LogP contribution in [-0.2, 0) is 17.7 Å². The van der Waals surface area contributed by atoms with Gasteiger partial charge in [-0.3, -0.25) is 4.68 Å². The normalized spacial score (nSPS) is 12.9. The average Bonchev–Trinajstić information content (AvgIpc) is 2.68. The molecule has 0 aliphatic rings. The lowest BCUT2D eigenvalue weighted by atomic mass is 10.0. The van der Waals surface area contributed by atoms with Crippen molar-refractivity contribution in [2.75, 3.05) is 26.8 Å². The Hall–Kier alpha value is -0.580. The smallest absolute Gasteiger partial charge is 0.0847 e. The lowest BCUT2D eigenvalue weighted by molar-refractivity contribution is 0.198. The number of aromatic nitrogens is 2. The van der Waals surface area contributed by atoms with Crippen LogP contribution in [-0.4, -0.2) is 36.6 Å². The van der Waals surface area contributed by atoms with E-state index in [9.17, 15) is 0 Å². The Kier molecular flexibility index (Phi) is 7.42. The second-order valence-corrected chi connectivity index (χ2v) is 5.38. The van der Waals surface area contributed by atoms with Crippen LogP contribution in [0.15, 0.2) is 0 Å². The molecule has 0 amide bonds. The Morgan fingerprint density at radius 2 is 2.21 bits per heavy atom. The molecule has 1 atom stereocenters. The molecule has 5 heteroatoms. The summed E-state index contributed by atoms with van der Waals surface area (Å²) < 4.78 is 7.03. The number of nitrogens with zero attached hydrogens (tertiary/aromatic N) is 2. The molecule has 0 radical (unpaired) electrons. The minimum Gasteiger partial charge on any atom is -0.383 e. The van der Waals surface area contributed by atoms with Gasteiger partial charge in [0.05, 0.1) is 23.0 Å². The van der Waals surface area contributed by atoms with E-state index in [1.165, 1.54) is 5.69 Å². The van der Waals surface area contributed by atoms with Crippen molar-refractivity contribution in [1.82, 2.24) is 15.1 Å². The maximum atomic E-state index is 6.31. The molecule has 1 aromatic heterocycles. The van der Waals surface area contributed by atoms with Crippen LogP contribution in [0.1, 0.15) is 31.7 Å². The lowest BCUT2D eigenvalue weighted by Gasteiger charge is -2.13. The largest absolute Gasteiger partial charge is 0.383 e. The molecule has 0 fully saturated rings. The maximum Gasteiger partial charge on any atom is 0.0847 e. The number of hydrogen-bond donors (Lipinski definition) is 1. The van der Waals surface area contributed by atoms with E-state index in [-0.39, 0.29) is 0 Å². The van der Waals surface area contributed by atoms with Crippen LogP contribution in [0.3, 0.4) is 0 Å². The Balaban J connectivity index is 2.39. The molecule has 1 aromatic rings. The van der Waals surface area contributed by atoms with Gasteiger partial charge in [0.2, 0.25) is 0 Å². The third-order valence-corrected chi connectivity index (χ3v) is 3.79. The molecule has 0 aromatic carbocycles. The fraction of sp³-hybridized carbons (Fsp3) is 0.786. The predicted molar refractivity (Wildman–Crippen MR) is 79.9 cm³/mol. The second kappa shape index (κ2) is 8.56. The highest BCUT2D eigenvalue weighted by Crippen LogP contribution is 2.22. The van der Waals surface area contributed by atoms with Gasteiger partial charge in [0, 0.05) is 20.2 Å². The standard InChI is InChI=1S/C14H26ClN3O/c1-5-18-13(14(15)12(3)17-18)7-6-11(2)10-16-8-9-19-4/h11,16H,5-10H2,1-4H3. The summed E-state index contributed by atoms with van der Waals surface area (Å²) in [5.41, 5.74) is 2.11. The van der Waals surface area contributed by atoms with Gasteiger partial charge in [0.15, 0.2) is 0 Å². The van der Waals surface area contributed by atoms with Crippen molar-refractivity contribution in [2.45, 2.75) is 40.2 Å². The van der Waals surface area contributed by atoms with Gasteiger partial charge in [-0.15, -0.1) is 0 Å². The van der Waals surface area contributed by atoms with Crippen LogP contribution in [0, 0.1) is 12.8 Å². The van der Waals surface area contributed by atoms with E-state index in [1.54, 1.807) is 7.11 Å². The SMILES string of the molecule is CCn1nc(C)c(Cl)c1CCC(C)CNCCOC. The van der Waals surface area contributed by atoms with Gasteiger partial charge in [-0.2, -0.15) is 5.10 Å². The maximum absolute atomic E-state index is 6.31. The first-order chi connectivity index (χ1) is 9.10. The minimum absolute atomic E-state index is 0.619. The predicted octanol–water partition coefficient (Wildman–Crippen LogP) is 2.67. The summed E-state index contributed by atoms with van der Waals surface area (Å²) in [6.45, 7) is 9.89. The molecule has 1 N–H and O–H groups in total. The summed E-state index contributed by atoms with van der Waals surface area (Å²) in [7, 11) is 1.72. The van der Waals surface area contributed by atoms with Crippen LogP contribution in [0.4, 0.5) is 0 Å². The molecule has 0 aliphatic heterocycles. The van der Waals surface area contributed by atoms with E-state index in [0.29, 0.717) is 5.92 Å². The number of aryl methyl sites for hydroxylation is 2. The monoisotopic (exact) mass is 287 g/mol. The van der Waals surface area contributed by atoms with Crippen molar-refractivity contribution >= 4 is 11.6 Å². The third-order valence-electron chi connectivity index (χ3n) is 3.30. The Labute approximate surface area is 121 Å². The van der Waals surface area contributed by atoms with Gasteiger partial charge in [0.25, 0.3) is 0 Å². The molecule has 1 heterocycles. The van der Waals surface area contributed by atoms with Crippen molar-refractivity contribution in [3.05, 3.63) is 16.4 Å². The van der Waals surface area contributed by atoms with Crippen molar-refractivity contribution in [1.29, 1.82) is 0 Å². The highest BCUT2D eigenvalue weighted by atomic mass is 35.5. The van der Waals surface area contributed by atoms with Crippen LogP contribution < -0.4 is 5.32 Å². The van der Waals surface area contributed by atoms with E-state index in [2.05, 4.69) is 24.3 Å². The molecule has 110 valence electrons. The van der Waals surface area contributed by atoms with Crippen LogP contribution >= 0.6 is 11.6 Å². The molecular formula is C14H26ClN3O. The lowest BCUT2D eigenvalue weighted by Crippen LogP contribution is -2.25. The molecule has 0 bridgehead atoms. The minimum atomic E-state index is 0.619. The summed E-state index contributed by atoms with van der Waals surface area (Å²) in [6, 6.07) is 0. The first-order valence-corrected chi connectivity index (χ1v) is 7.39. The van der Waals surface area contributed by atoms with Crippen molar-refractivity contribution in [2.24, 2.45) is 5.92 Å². The first-order valence-electron chi connectivity index (χ1n) is 7.01. The van der Waals surface area contributed by atoms with Crippen LogP contribution in [0.5, 0.6) is 0 Å². The molecule has 0 saturated heterocycles. The topological polar surface area (TPSA) is 39.1 Å². The molecule has 19 heavy (non-hydrogen) atoms. The van der Waals surface area contributed by atoms with Gasteiger partial charge < -0.3 is 10.1 Å². The highest BCUT2D eigenvalue weighted by Gasteiger charge is 2.13. The molecule has 0 aliphatic carbocycles. The van der Waals surface area contributed by atoms with Crippen molar-refractivity contribution < 1.29 is 4.74 Å². The van der Waals surface area contributed by atoms with Gasteiger partial charge >= 0.3 is 0 Å². The molecular weight excluding hydrogens is 262 g/mol. The van der Waals surface area contributed by atoms with Crippen molar-refractivity contribution in [3.8, 4) is 0 Å². The third kappa shape index (κ3) is 5.13. The Bertz CT molecular complexity index is 379. The zero-order valence-corrected chi connectivity index (χ0v) is 13.3. The fourth-order valence-corrected chi connectivity index (χ4v) is 2.35. The van der Waals surface area contributed by atoms with E-state index in [0.717, 1.165) is 49.8 Å². The summed E-state index contributed by atoms with van der Waals surface area (Å²) in [5, 5.41) is 8.67. The van der Waals surface area contributed by atoms with E-state index < -0.39 is 0 Å². The number of nitrogens with one attached hydrogen (secondary N) is 1. The average molecular weight is 288 g/mol. The Morgan fingerprint density at radius 3 is 2.84 bits per heavy atom. The number of methoxy groups -OCH3 is 1. The summed E-state index contributed by atoms with van der Waals surface area (Å²) in [6.07, 6.45) is 2.10. The zero-order chi connectivity index (χ0) is 14.3.